The minimum absolute atomic E-state index is 0.160. The predicted octanol–water partition coefficient (Wildman–Crippen LogP) is 2.70. The first kappa shape index (κ1) is 17.6. The number of anilines is 2. The van der Waals surface area contributed by atoms with Gasteiger partial charge in [-0.05, 0) is 25.0 Å². The first-order valence-electron chi connectivity index (χ1n) is 8.95. The molecule has 27 heavy (non-hydrogen) atoms. The van der Waals surface area contributed by atoms with E-state index in [1.165, 1.54) is 4.68 Å². The normalized spacial score (nSPS) is 17.1. The van der Waals surface area contributed by atoms with Crippen LogP contribution in [0.4, 0.5) is 11.4 Å². The van der Waals surface area contributed by atoms with Crippen LogP contribution in [0.15, 0.2) is 53.7 Å². The Kier molecular flexibility index (Phi) is 4.85. The van der Waals surface area contributed by atoms with Gasteiger partial charge in [-0.2, -0.15) is 14.9 Å². The van der Waals surface area contributed by atoms with E-state index >= 15 is 0 Å². The van der Waals surface area contributed by atoms with Crippen LogP contribution >= 0.6 is 11.6 Å². The van der Waals surface area contributed by atoms with Crippen molar-refractivity contribution >= 4 is 23.0 Å². The third-order valence-electron chi connectivity index (χ3n) is 4.76. The van der Waals surface area contributed by atoms with Gasteiger partial charge in [0.1, 0.15) is 5.02 Å². The van der Waals surface area contributed by atoms with Crippen molar-refractivity contribution in [2.75, 3.05) is 23.3 Å². The molecule has 0 saturated carbocycles. The van der Waals surface area contributed by atoms with Crippen LogP contribution in [0.5, 0.6) is 0 Å². The van der Waals surface area contributed by atoms with Gasteiger partial charge in [0.15, 0.2) is 0 Å². The highest BCUT2D eigenvalue weighted by atomic mass is 35.5. The molecule has 0 bridgehead atoms. The van der Waals surface area contributed by atoms with Crippen molar-refractivity contribution in [1.82, 2.24) is 19.6 Å². The Balaban J connectivity index is 1.52. The molecule has 1 aliphatic heterocycles. The fraction of sp³-hybridized carbons (Fsp3) is 0.316. The number of rotatable bonds is 4. The molecule has 8 heteroatoms. The van der Waals surface area contributed by atoms with Crippen LogP contribution in [0, 0.1) is 0 Å². The molecule has 1 aromatic carbocycles. The van der Waals surface area contributed by atoms with Crippen LogP contribution in [-0.2, 0) is 7.05 Å². The van der Waals surface area contributed by atoms with Gasteiger partial charge < -0.3 is 10.2 Å². The SMILES string of the molecule is Cn1cc(N2CCCC(Nc3cnn(-c4ccccc4)c(=O)c3Cl)C2)cn1. The molecule has 1 unspecified atom stereocenters. The van der Waals surface area contributed by atoms with Gasteiger partial charge in [0.25, 0.3) is 5.56 Å². The Labute approximate surface area is 162 Å². The van der Waals surface area contributed by atoms with Crippen molar-refractivity contribution in [3.63, 3.8) is 0 Å². The number of aromatic nitrogens is 4. The molecule has 0 aliphatic carbocycles. The second-order valence-corrected chi connectivity index (χ2v) is 7.10. The lowest BCUT2D eigenvalue weighted by Gasteiger charge is -2.34. The summed E-state index contributed by atoms with van der Waals surface area (Å²) < 4.78 is 3.12. The molecule has 7 nitrogen and oxygen atoms in total. The Hall–Kier alpha value is -2.80. The Morgan fingerprint density at radius 2 is 1.96 bits per heavy atom. The summed E-state index contributed by atoms with van der Waals surface area (Å²) in [6.07, 6.45) is 7.57. The number of benzene rings is 1. The molecule has 1 saturated heterocycles. The summed E-state index contributed by atoms with van der Waals surface area (Å²) in [6.45, 7) is 1.81. The van der Waals surface area contributed by atoms with E-state index in [2.05, 4.69) is 20.4 Å². The molecule has 3 aromatic rings. The van der Waals surface area contributed by atoms with Gasteiger partial charge in [-0.25, -0.2) is 0 Å². The summed E-state index contributed by atoms with van der Waals surface area (Å²) in [6, 6.07) is 9.45. The Morgan fingerprint density at radius 1 is 1.15 bits per heavy atom. The molecule has 1 aliphatic rings. The summed E-state index contributed by atoms with van der Waals surface area (Å²) in [5.41, 5.74) is 2.05. The molecular weight excluding hydrogens is 364 g/mol. The maximum absolute atomic E-state index is 12.6. The number of aryl methyl sites for hydroxylation is 1. The number of hydrogen-bond donors (Lipinski definition) is 1. The van der Waals surface area contributed by atoms with Gasteiger partial charge in [-0.3, -0.25) is 9.48 Å². The average Bonchev–Trinajstić information content (AvgIpc) is 3.13. The van der Waals surface area contributed by atoms with Crippen molar-refractivity contribution in [3.05, 3.63) is 64.3 Å². The van der Waals surface area contributed by atoms with Gasteiger partial charge in [0.05, 0.1) is 29.5 Å². The molecule has 2 aromatic heterocycles. The smallest absolute Gasteiger partial charge is 0.292 e. The number of halogens is 1. The van der Waals surface area contributed by atoms with Gasteiger partial charge in [0.2, 0.25) is 0 Å². The van der Waals surface area contributed by atoms with E-state index in [-0.39, 0.29) is 16.6 Å². The monoisotopic (exact) mass is 384 g/mol. The van der Waals surface area contributed by atoms with E-state index < -0.39 is 0 Å². The van der Waals surface area contributed by atoms with Crippen LogP contribution < -0.4 is 15.8 Å². The first-order valence-corrected chi connectivity index (χ1v) is 9.33. The number of nitrogens with one attached hydrogen (secondary N) is 1. The second kappa shape index (κ2) is 7.44. The molecule has 0 radical (unpaired) electrons. The van der Waals surface area contributed by atoms with Crippen molar-refractivity contribution < 1.29 is 0 Å². The summed E-state index contributed by atoms with van der Waals surface area (Å²) in [4.78, 5) is 14.9. The zero-order valence-corrected chi connectivity index (χ0v) is 15.8. The maximum Gasteiger partial charge on any atom is 0.292 e. The average molecular weight is 385 g/mol. The minimum atomic E-state index is -0.326. The van der Waals surface area contributed by atoms with Gasteiger partial charge >= 0.3 is 0 Å². The summed E-state index contributed by atoms with van der Waals surface area (Å²) in [5.74, 6) is 0. The third-order valence-corrected chi connectivity index (χ3v) is 5.12. The molecular formula is C19H21ClN6O. The summed E-state index contributed by atoms with van der Waals surface area (Å²) in [7, 11) is 1.91. The molecule has 4 rings (SSSR count). The molecule has 1 N–H and O–H groups in total. The number of nitrogens with zero attached hydrogens (tertiary/aromatic N) is 5. The molecule has 0 amide bonds. The quantitative estimate of drug-likeness (QED) is 0.749. The van der Waals surface area contributed by atoms with E-state index in [1.54, 1.807) is 10.9 Å². The van der Waals surface area contributed by atoms with Crippen LogP contribution in [0.1, 0.15) is 12.8 Å². The first-order chi connectivity index (χ1) is 13.1. The number of para-hydroxylation sites is 1. The van der Waals surface area contributed by atoms with E-state index in [9.17, 15) is 4.79 Å². The zero-order valence-electron chi connectivity index (χ0n) is 15.0. The van der Waals surface area contributed by atoms with E-state index in [0.29, 0.717) is 11.4 Å². The summed E-state index contributed by atoms with van der Waals surface area (Å²) in [5, 5.41) is 12.1. The zero-order chi connectivity index (χ0) is 18.8. The topological polar surface area (TPSA) is 68.0 Å². The standard InChI is InChI=1S/C19H21ClN6O/c1-24-13-16(10-21-24)25-9-5-6-14(12-25)23-17-11-22-26(19(27)18(17)20)15-7-3-2-4-8-15/h2-4,7-8,10-11,13-14,23H,5-6,9,12H2,1H3. The molecule has 1 atom stereocenters. The fourth-order valence-corrected chi connectivity index (χ4v) is 3.59. The van der Waals surface area contributed by atoms with Crippen LogP contribution in [0.25, 0.3) is 5.69 Å². The van der Waals surface area contributed by atoms with Crippen molar-refractivity contribution in [3.8, 4) is 5.69 Å². The van der Waals surface area contributed by atoms with Crippen LogP contribution in [0.2, 0.25) is 5.02 Å². The highest BCUT2D eigenvalue weighted by molar-refractivity contribution is 6.33. The highest BCUT2D eigenvalue weighted by Gasteiger charge is 2.22. The number of hydrogen-bond acceptors (Lipinski definition) is 5. The fourth-order valence-electron chi connectivity index (χ4n) is 3.41. The van der Waals surface area contributed by atoms with E-state index in [0.717, 1.165) is 31.6 Å². The van der Waals surface area contributed by atoms with E-state index in [1.807, 2.05) is 49.8 Å². The Morgan fingerprint density at radius 3 is 2.70 bits per heavy atom. The molecule has 1 fully saturated rings. The lowest BCUT2D eigenvalue weighted by atomic mass is 10.1. The minimum Gasteiger partial charge on any atom is -0.378 e. The maximum atomic E-state index is 12.6. The molecule has 140 valence electrons. The van der Waals surface area contributed by atoms with Gasteiger partial charge in [-0.1, -0.05) is 29.8 Å². The van der Waals surface area contributed by atoms with Crippen molar-refractivity contribution in [1.29, 1.82) is 0 Å². The summed E-state index contributed by atoms with van der Waals surface area (Å²) >= 11 is 6.36. The van der Waals surface area contributed by atoms with Crippen molar-refractivity contribution in [2.45, 2.75) is 18.9 Å². The third kappa shape index (κ3) is 3.68. The van der Waals surface area contributed by atoms with Crippen molar-refractivity contribution in [2.24, 2.45) is 7.05 Å². The number of piperidine rings is 1. The second-order valence-electron chi connectivity index (χ2n) is 6.73. The highest BCUT2D eigenvalue weighted by Crippen LogP contribution is 2.23. The van der Waals surface area contributed by atoms with E-state index in [4.69, 9.17) is 11.6 Å². The Bertz CT molecular complexity index is 983. The lowest BCUT2D eigenvalue weighted by molar-refractivity contribution is 0.529. The molecule has 0 spiro atoms. The van der Waals surface area contributed by atoms with Gasteiger partial charge in [0, 0.05) is 32.4 Å². The van der Waals surface area contributed by atoms with Crippen LogP contribution in [-0.4, -0.2) is 38.7 Å². The van der Waals surface area contributed by atoms with Gasteiger partial charge in [-0.15, -0.1) is 0 Å². The molecule has 3 heterocycles. The lowest BCUT2D eigenvalue weighted by Crippen LogP contribution is -2.42. The van der Waals surface area contributed by atoms with Crippen LogP contribution in [0.3, 0.4) is 0 Å². The largest absolute Gasteiger partial charge is 0.378 e. The predicted molar refractivity (Wildman–Crippen MR) is 107 cm³/mol.